The molecule has 1 N–H and O–H groups in total. The fourth-order valence-electron chi connectivity index (χ4n) is 5.25. The van der Waals surface area contributed by atoms with Gasteiger partial charge in [-0.1, -0.05) is 64.5 Å². The van der Waals surface area contributed by atoms with Crippen LogP contribution in [0.25, 0.3) is 0 Å². The summed E-state index contributed by atoms with van der Waals surface area (Å²) < 4.78 is 6.56. The van der Waals surface area contributed by atoms with E-state index in [1.54, 1.807) is 55.6 Å². The molecule has 3 atom stereocenters. The number of hydrogen-bond acceptors (Lipinski definition) is 7. The van der Waals surface area contributed by atoms with Gasteiger partial charge in [0, 0.05) is 21.5 Å². The molecule has 0 aliphatic carbocycles. The van der Waals surface area contributed by atoms with Gasteiger partial charge in [-0.05, 0) is 61.0 Å². The van der Waals surface area contributed by atoms with Crippen LogP contribution < -0.4 is 19.8 Å². The van der Waals surface area contributed by atoms with Gasteiger partial charge in [0.05, 0.1) is 23.7 Å². The van der Waals surface area contributed by atoms with Gasteiger partial charge in [-0.3, -0.25) is 23.7 Å². The summed E-state index contributed by atoms with van der Waals surface area (Å²) >= 11 is 8.35. The van der Waals surface area contributed by atoms with Gasteiger partial charge in [0.15, 0.2) is 0 Å². The molecule has 0 radical (unpaired) electrons. The van der Waals surface area contributed by atoms with Crippen molar-refractivity contribution in [2.45, 2.75) is 29.7 Å². The van der Waals surface area contributed by atoms with E-state index in [0.29, 0.717) is 32.1 Å². The number of methoxy groups -OCH3 is 1. The lowest BCUT2D eigenvalue weighted by atomic mass is 9.83. The van der Waals surface area contributed by atoms with Crippen molar-refractivity contribution >= 4 is 63.8 Å². The molecule has 41 heavy (non-hydrogen) atoms. The number of aryl methyl sites for hydroxylation is 1. The number of amides is 3. The van der Waals surface area contributed by atoms with Crippen LogP contribution in [0.15, 0.2) is 82.6 Å². The van der Waals surface area contributed by atoms with E-state index in [9.17, 15) is 19.2 Å². The average molecular weight is 606 g/mol. The van der Waals surface area contributed by atoms with Crippen LogP contribution in [0.5, 0.6) is 5.75 Å². The highest BCUT2D eigenvalue weighted by atomic mass is 35.5. The maximum absolute atomic E-state index is 13.9. The minimum absolute atomic E-state index is 0.238. The molecular formula is C30H24ClN3O5S2. The standard InChI is InChI=1S/C30H24ClN3O5S2/c1-16-3-11-20(12-4-16)34-27(36)24-23(17-5-7-18(31)8-6-17)26-29(40-25(24)28(34)37)33(30(38)41-26)15-22(35)32-19-9-13-21(39-2)14-10-19/h3-14,23-25H,15H2,1-2H3,(H,32,35)/t23-,24-,25+/m0/s1. The van der Waals surface area contributed by atoms with Gasteiger partial charge >= 0.3 is 4.87 Å². The van der Waals surface area contributed by atoms with Crippen LogP contribution in [0.3, 0.4) is 0 Å². The first-order valence-corrected chi connectivity index (χ1v) is 14.9. The minimum Gasteiger partial charge on any atom is -0.497 e. The van der Waals surface area contributed by atoms with Crippen molar-refractivity contribution in [3.8, 4) is 5.75 Å². The monoisotopic (exact) mass is 605 g/mol. The minimum atomic E-state index is -0.762. The number of ether oxygens (including phenoxy) is 1. The highest BCUT2D eigenvalue weighted by Gasteiger charge is 2.56. The first-order chi connectivity index (χ1) is 19.7. The number of fused-ring (bicyclic) bond motifs is 2. The lowest BCUT2D eigenvalue weighted by molar-refractivity contribution is -0.122. The predicted molar refractivity (Wildman–Crippen MR) is 160 cm³/mol. The number of aromatic nitrogens is 1. The highest BCUT2D eigenvalue weighted by Crippen LogP contribution is 2.54. The second-order valence-corrected chi connectivity index (χ2v) is 12.4. The Hall–Kier alpha value is -3.86. The summed E-state index contributed by atoms with van der Waals surface area (Å²) in [5, 5.41) is 3.10. The van der Waals surface area contributed by atoms with Crippen LogP contribution in [-0.2, 0) is 20.9 Å². The van der Waals surface area contributed by atoms with Crippen molar-refractivity contribution in [1.29, 1.82) is 0 Å². The lowest BCUT2D eigenvalue weighted by Crippen LogP contribution is -2.33. The van der Waals surface area contributed by atoms with Crippen molar-refractivity contribution in [1.82, 2.24) is 4.57 Å². The van der Waals surface area contributed by atoms with E-state index < -0.39 is 23.0 Å². The number of carbonyl (C=O) groups is 3. The maximum atomic E-state index is 13.9. The summed E-state index contributed by atoms with van der Waals surface area (Å²) in [6, 6.07) is 21.2. The summed E-state index contributed by atoms with van der Waals surface area (Å²) in [6.07, 6.45) is 0. The highest BCUT2D eigenvalue weighted by molar-refractivity contribution is 8.00. The van der Waals surface area contributed by atoms with Gasteiger partial charge in [-0.2, -0.15) is 0 Å². The molecule has 0 spiro atoms. The van der Waals surface area contributed by atoms with Crippen LogP contribution in [-0.4, -0.2) is 34.6 Å². The van der Waals surface area contributed by atoms with Crippen molar-refractivity contribution in [2.75, 3.05) is 17.3 Å². The SMILES string of the molecule is COc1ccc(NC(=O)Cn2c3c(sc2=O)[C@@H](c2ccc(Cl)cc2)[C@@H]2C(=O)N(c4ccc(C)cc4)C(=O)[C@@H]2S3)cc1. The zero-order valence-electron chi connectivity index (χ0n) is 22.0. The van der Waals surface area contributed by atoms with Crippen LogP contribution in [0.1, 0.15) is 21.9 Å². The zero-order valence-corrected chi connectivity index (χ0v) is 24.4. The normalized spacial score (nSPS) is 19.6. The van der Waals surface area contributed by atoms with Crippen molar-refractivity contribution in [2.24, 2.45) is 5.92 Å². The van der Waals surface area contributed by atoms with E-state index in [-0.39, 0.29) is 23.2 Å². The predicted octanol–water partition coefficient (Wildman–Crippen LogP) is 5.31. The van der Waals surface area contributed by atoms with E-state index in [2.05, 4.69) is 5.32 Å². The van der Waals surface area contributed by atoms with E-state index >= 15 is 0 Å². The number of anilines is 2. The Bertz CT molecular complexity index is 1720. The Balaban J connectivity index is 1.38. The molecule has 3 heterocycles. The molecule has 3 amide bonds. The van der Waals surface area contributed by atoms with Gasteiger partial charge in [0.2, 0.25) is 17.7 Å². The second-order valence-electron chi connectivity index (χ2n) is 9.84. The largest absolute Gasteiger partial charge is 0.497 e. The molecule has 6 rings (SSSR count). The van der Waals surface area contributed by atoms with Crippen LogP contribution in [0.2, 0.25) is 5.02 Å². The third-order valence-electron chi connectivity index (χ3n) is 7.25. The van der Waals surface area contributed by atoms with Crippen molar-refractivity contribution in [3.63, 3.8) is 0 Å². The Labute approximate surface area is 248 Å². The number of hydrogen-bond donors (Lipinski definition) is 1. The molecule has 4 aromatic rings. The Kier molecular flexibility index (Phi) is 7.23. The Morgan fingerprint density at radius 1 is 0.951 bits per heavy atom. The fraction of sp³-hybridized carbons (Fsp3) is 0.200. The van der Waals surface area contributed by atoms with Crippen molar-refractivity contribution in [3.05, 3.63) is 103 Å². The summed E-state index contributed by atoms with van der Waals surface area (Å²) in [5.41, 5.74) is 2.85. The molecule has 8 nitrogen and oxygen atoms in total. The van der Waals surface area contributed by atoms with E-state index in [1.807, 2.05) is 31.2 Å². The average Bonchev–Trinajstić information content (AvgIpc) is 3.40. The number of halogens is 1. The zero-order chi connectivity index (χ0) is 28.8. The summed E-state index contributed by atoms with van der Waals surface area (Å²) in [5.74, 6) is -1.66. The summed E-state index contributed by atoms with van der Waals surface area (Å²) in [7, 11) is 1.56. The van der Waals surface area contributed by atoms with Gasteiger partial charge in [0.1, 0.15) is 17.5 Å². The summed E-state index contributed by atoms with van der Waals surface area (Å²) in [4.78, 5) is 55.6. The molecule has 11 heteroatoms. The number of imide groups is 1. The fourth-order valence-corrected chi connectivity index (χ4v) is 8.15. The summed E-state index contributed by atoms with van der Waals surface area (Å²) in [6.45, 7) is 1.70. The molecule has 2 aliphatic heterocycles. The topological polar surface area (TPSA) is 97.7 Å². The number of thiazole rings is 1. The molecule has 0 saturated carbocycles. The molecule has 208 valence electrons. The van der Waals surface area contributed by atoms with Gasteiger partial charge in [-0.25, -0.2) is 4.90 Å². The smallest absolute Gasteiger partial charge is 0.308 e. The van der Waals surface area contributed by atoms with Crippen LogP contribution in [0.4, 0.5) is 11.4 Å². The molecule has 3 aromatic carbocycles. The molecule has 0 bridgehead atoms. The second kappa shape index (κ2) is 10.8. The third-order valence-corrected chi connectivity index (χ3v) is 10.1. The number of nitrogens with zero attached hydrogens (tertiary/aromatic N) is 2. The number of nitrogens with one attached hydrogen (secondary N) is 1. The van der Waals surface area contributed by atoms with Crippen molar-refractivity contribution < 1.29 is 19.1 Å². The van der Waals surface area contributed by atoms with Gasteiger partial charge < -0.3 is 10.1 Å². The number of carbonyl (C=O) groups excluding carboxylic acids is 3. The van der Waals surface area contributed by atoms with E-state index in [1.165, 1.54) is 21.2 Å². The van der Waals surface area contributed by atoms with E-state index in [0.717, 1.165) is 22.5 Å². The molecule has 0 unspecified atom stereocenters. The molecule has 1 saturated heterocycles. The molecular weight excluding hydrogens is 582 g/mol. The number of rotatable bonds is 6. The molecule has 2 aliphatic rings. The maximum Gasteiger partial charge on any atom is 0.308 e. The molecule has 1 fully saturated rings. The van der Waals surface area contributed by atoms with E-state index in [4.69, 9.17) is 16.3 Å². The van der Waals surface area contributed by atoms with Gasteiger partial charge in [0.25, 0.3) is 0 Å². The first kappa shape index (κ1) is 27.3. The molecule has 1 aromatic heterocycles. The number of benzene rings is 3. The van der Waals surface area contributed by atoms with Crippen LogP contribution >= 0.6 is 34.7 Å². The Morgan fingerprint density at radius 2 is 1.63 bits per heavy atom. The quantitative estimate of drug-likeness (QED) is 0.299. The Morgan fingerprint density at radius 3 is 2.29 bits per heavy atom. The third kappa shape index (κ3) is 4.96. The lowest BCUT2D eigenvalue weighted by Gasteiger charge is -2.30. The first-order valence-electron chi connectivity index (χ1n) is 12.8. The number of thioether (sulfide) groups is 1. The van der Waals surface area contributed by atoms with Crippen LogP contribution in [0, 0.1) is 12.8 Å². The van der Waals surface area contributed by atoms with Gasteiger partial charge in [-0.15, -0.1) is 0 Å².